The van der Waals surface area contributed by atoms with Crippen LogP contribution in [0.2, 0.25) is 0 Å². The molecule has 0 aliphatic carbocycles. The molecular weight excluding hydrogens is 223 g/mol. The fraction of sp³-hybridized carbons (Fsp3) is 0.333. The number of nitrogens with zero attached hydrogens (tertiary/aromatic N) is 1. The number of carbonyl (C=O) groups excluding carboxylic acids is 2. The summed E-state index contributed by atoms with van der Waals surface area (Å²) in [7, 11) is 0. The molecule has 1 saturated heterocycles. The summed E-state index contributed by atoms with van der Waals surface area (Å²) in [6, 6.07) is 4.15. The van der Waals surface area contributed by atoms with Crippen molar-refractivity contribution in [3.8, 4) is 0 Å². The second kappa shape index (κ2) is 4.53. The summed E-state index contributed by atoms with van der Waals surface area (Å²) in [6.07, 6.45) is 1.27. The number of hydrogen-bond donors (Lipinski definition) is 1. The zero-order valence-electron chi connectivity index (χ0n) is 9.23. The molecule has 90 valence electrons. The fourth-order valence-electron chi connectivity index (χ4n) is 2.07. The fourth-order valence-corrected chi connectivity index (χ4v) is 2.07. The van der Waals surface area contributed by atoms with Crippen LogP contribution in [0.25, 0.3) is 0 Å². The molecule has 4 nitrogen and oxygen atoms in total. The molecule has 2 N–H and O–H groups in total. The first-order chi connectivity index (χ1) is 8.10. The topological polar surface area (TPSA) is 63.4 Å². The van der Waals surface area contributed by atoms with Crippen molar-refractivity contribution in [3.05, 3.63) is 29.6 Å². The molecule has 0 spiro atoms. The van der Waals surface area contributed by atoms with Crippen LogP contribution in [0.5, 0.6) is 0 Å². The van der Waals surface area contributed by atoms with Gasteiger partial charge >= 0.3 is 0 Å². The summed E-state index contributed by atoms with van der Waals surface area (Å²) in [5, 5.41) is 0. The number of halogens is 1. The van der Waals surface area contributed by atoms with E-state index in [0.29, 0.717) is 37.0 Å². The molecule has 1 fully saturated rings. The normalized spacial score (nSPS) is 19.4. The number of primary amides is 1. The molecular formula is C12H13FN2O2. The Morgan fingerprint density at radius 1 is 1.47 bits per heavy atom. The van der Waals surface area contributed by atoms with Gasteiger partial charge in [-0.3, -0.25) is 9.59 Å². The maximum atomic E-state index is 13.2. The first-order valence-electron chi connectivity index (χ1n) is 5.40. The Balaban J connectivity index is 2.21. The highest BCUT2D eigenvalue weighted by Gasteiger charge is 2.27. The highest BCUT2D eigenvalue weighted by atomic mass is 19.1. The lowest BCUT2D eigenvalue weighted by Crippen LogP contribution is -2.27. The van der Waals surface area contributed by atoms with E-state index in [9.17, 15) is 14.0 Å². The summed E-state index contributed by atoms with van der Waals surface area (Å²) in [5.41, 5.74) is 6.14. The Labute approximate surface area is 98.2 Å². The molecule has 1 aliphatic rings. The van der Waals surface area contributed by atoms with Crippen LogP contribution in [0, 0.1) is 11.7 Å². The van der Waals surface area contributed by atoms with Gasteiger partial charge in [-0.15, -0.1) is 0 Å². The molecule has 17 heavy (non-hydrogen) atoms. The van der Waals surface area contributed by atoms with Crippen LogP contribution in [-0.4, -0.2) is 25.3 Å². The third-order valence-electron chi connectivity index (χ3n) is 3.00. The Kier molecular flexibility index (Phi) is 3.08. The number of hydrogen-bond acceptors (Lipinski definition) is 3. The highest BCUT2D eigenvalue weighted by molar-refractivity contribution is 5.79. The van der Waals surface area contributed by atoms with Gasteiger partial charge in [0.25, 0.3) is 0 Å². The van der Waals surface area contributed by atoms with Gasteiger partial charge in [0.2, 0.25) is 5.91 Å². The minimum absolute atomic E-state index is 0.196. The average Bonchev–Trinajstić information content (AvgIpc) is 2.77. The number of nitrogens with two attached hydrogens (primary N) is 1. The molecule has 0 saturated carbocycles. The lowest BCUT2D eigenvalue weighted by Gasteiger charge is -2.18. The maximum absolute atomic E-state index is 13.2. The number of benzene rings is 1. The minimum Gasteiger partial charge on any atom is -0.371 e. The second-order valence-electron chi connectivity index (χ2n) is 4.19. The van der Waals surface area contributed by atoms with Crippen molar-refractivity contribution >= 4 is 17.9 Å². The molecule has 0 bridgehead atoms. The van der Waals surface area contributed by atoms with Crippen LogP contribution >= 0.6 is 0 Å². The number of rotatable bonds is 3. The van der Waals surface area contributed by atoms with Gasteiger partial charge in [-0.05, 0) is 24.6 Å². The minimum atomic E-state index is -0.452. The van der Waals surface area contributed by atoms with Crippen LogP contribution in [0.1, 0.15) is 16.8 Å². The van der Waals surface area contributed by atoms with Gasteiger partial charge in [0, 0.05) is 24.3 Å². The Morgan fingerprint density at radius 2 is 2.24 bits per heavy atom. The Morgan fingerprint density at radius 3 is 2.82 bits per heavy atom. The van der Waals surface area contributed by atoms with Gasteiger partial charge in [0.1, 0.15) is 12.1 Å². The van der Waals surface area contributed by atoms with Crippen molar-refractivity contribution in [2.24, 2.45) is 11.7 Å². The van der Waals surface area contributed by atoms with Crippen LogP contribution in [0.15, 0.2) is 18.2 Å². The highest BCUT2D eigenvalue weighted by Crippen LogP contribution is 2.25. The summed E-state index contributed by atoms with van der Waals surface area (Å²) in [4.78, 5) is 23.5. The van der Waals surface area contributed by atoms with E-state index in [4.69, 9.17) is 5.73 Å². The SMILES string of the molecule is NC(=O)C1CCN(c2cc(F)cc(C=O)c2)C1. The van der Waals surface area contributed by atoms with Crippen LogP contribution in [0.3, 0.4) is 0 Å². The van der Waals surface area contributed by atoms with Crippen LogP contribution < -0.4 is 10.6 Å². The quantitative estimate of drug-likeness (QED) is 0.795. The summed E-state index contributed by atoms with van der Waals surface area (Å²) < 4.78 is 13.2. The van der Waals surface area contributed by atoms with E-state index in [1.165, 1.54) is 12.1 Å². The van der Waals surface area contributed by atoms with Gasteiger partial charge in [0.15, 0.2) is 0 Å². The Bertz CT molecular complexity index is 462. The first kappa shape index (κ1) is 11.6. The monoisotopic (exact) mass is 236 g/mol. The third kappa shape index (κ3) is 2.43. The van der Waals surface area contributed by atoms with Crippen LogP contribution in [0.4, 0.5) is 10.1 Å². The molecule has 1 amide bonds. The largest absolute Gasteiger partial charge is 0.371 e. The third-order valence-corrected chi connectivity index (χ3v) is 3.00. The van der Waals surface area contributed by atoms with Gasteiger partial charge in [-0.25, -0.2) is 4.39 Å². The molecule has 1 unspecified atom stereocenters. The first-order valence-corrected chi connectivity index (χ1v) is 5.40. The van der Waals surface area contributed by atoms with E-state index in [0.717, 1.165) is 0 Å². The maximum Gasteiger partial charge on any atom is 0.222 e. The van der Waals surface area contributed by atoms with E-state index in [1.807, 2.05) is 4.90 Å². The van der Waals surface area contributed by atoms with Crippen molar-refractivity contribution in [2.45, 2.75) is 6.42 Å². The molecule has 2 rings (SSSR count). The van der Waals surface area contributed by atoms with Crippen molar-refractivity contribution < 1.29 is 14.0 Å². The van der Waals surface area contributed by atoms with E-state index < -0.39 is 5.82 Å². The average molecular weight is 236 g/mol. The number of aldehydes is 1. The Hall–Kier alpha value is -1.91. The van der Waals surface area contributed by atoms with E-state index in [-0.39, 0.29) is 11.8 Å². The molecule has 1 aromatic carbocycles. The van der Waals surface area contributed by atoms with Crippen molar-refractivity contribution in [1.29, 1.82) is 0 Å². The van der Waals surface area contributed by atoms with E-state index >= 15 is 0 Å². The van der Waals surface area contributed by atoms with Crippen molar-refractivity contribution in [3.63, 3.8) is 0 Å². The molecule has 1 heterocycles. The second-order valence-corrected chi connectivity index (χ2v) is 4.19. The van der Waals surface area contributed by atoms with Crippen molar-refractivity contribution in [1.82, 2.24) is 0 Å². The van der Waals surface area contributed by atoms with Gasteiger partial charge in [-0.1, -0.05) is 0 Å². The van der Waals surface area contributed by atoms with E-state index in [1.54, 1.807) is 6.07 Å². The lowest BCUT2D eigenvalue weighted by atomic mass is 10.1. The van der Waals surface area contributed by atoms with Crippen LogP contribution in [-0.2, 0) is 4.79 Å². The van der Waals surface area contributed by atoms with Gasteiger partial charge in [-0.2, -0.15) is 0 Å². The van der Waals surface area contributed by atoms with Gasteiger partial charge in [0.05, 0.1) is 5.92 Å². The molecule has 1 aromatic rings. The zero-order chi connectivity index (χ0) is 12.4. The summed E-state index contributed by atoms with van der Waals surface area (Å²) >= 11 is 0. The number of carbonyl (C=O) groups is 2. The molecule has 1 aliphatic heterocycles. The van der Waals surface area contributed by atoms with Gasteiger partial charge < -0.3 is 10.6 Å². The summed E-state index contributed by atoms with van der Waals surface area (Å²) in [5.74, 6) is -0.982. The number of amides is 1. The lowest BCUT2D eigenvalue weighted by molar-refractivity contribution is -0.121. The number of anilines is 1. The molecule has 5 heteroatoms. The predicted octanol–water partition coefficient (Wildman–Crippen LogP) is 0.950. The smallest absolute Gasteiger partial charge is 0.222 e. The zero-order valence-corrected chi connectivity index (χ0v) is 9.23. The summed E-state index contributed by atoms with van der Waals surface area (Å²) in [6.45, 7) is 1.13. The molecule has 0 aromatic heterocycles. The molecule has 1 atom stereocenters. The van der Waals surface area contributed by atoms with Crippen molar-refractivity contribution in [2.75, 3.05) is 18.0 Å². The predicted molar refractivity (Wildman–Crippen MR) is 61.3 cm³/mol. The standard InChI is InChI=1S/C12H13FN2O2/c13-10-3-8(7-16)4-11(5-10)15-2-1-9(6-15)12(14)17/h3-5,7,9H,1-2,6H2,(H2,14,17). The molecule has 0 radical (unpaired) electrons. The van der Waals surface area contributed by atoms with E-state index in [2.05, 4.69) is 0 Å².